The molecular weight excluding hydrogens is 320 g/mol. The minimum Gasteiger partial charge on any atom is -0.325 e. The third-order valence-corrected chi connectivity index (χ3v) is 6.19. The molecule has 1 N–H and O–H groups in total. The van der Waals surface area contributed by atoms with Crippen molar-refractivity contribution in [2.24, 2.45) is 0 Å². The minimum atomic E-state index is 0.196. The molecular formula is C19H21ClN4. The van der Waals surface area contributed by atoms with E-state index in [1.54, 1.807) is 6.33 Å². The van der Waals surface area contributed by atoms with Crippen LogP contribution in [-0.4, -0.2) is 29.6 Å². The van der Waals surface area contributed by atoms with E-state index in [2.05, 4.69) is 27.3 Å². The summed E-state index contributed by atoms with van der Waals surface area (Å²) in [5.41, 5.74) is 5.48. The van der Waals surface area contributed by atoms with E-state index in [4.69, 9.17) is 16.6 Å². The zero-order valence-corrected chi connectivity index (χ0v) is 14.4. The first kappa shape index (κ1) is 14.7. The van der Waals surface area contributed by atoms with Gasteiger partial charge < -0.3 is 10.2 Å². The molecule has 2 aromatic rings. The number of aryl methyl sites for hydroxylation is 1. The molecule has 4 nitrogen and oxygen atoms in total. The van der Waals surface area contributed by atoms with Crippen LogP contribution < -0.4 is 10.2 Å². The Bertz CT molecular complexity index is 798. The number of anilines is 2. The molecule has 0 amide bonds. The fraction of sp³-hybridized carbons (Fsp3) is 0.474. The molecule has 1 spiro atoms. The Labute approximate surface area is 147 Å². The van der Waals surface area contributed by atoms with Crippen LogP contribution in [-0.2, 0) is 18.3 Å². The molecule has 0 bridgehead atoms. The van der Waals surface area contributed by atoms with Gasteiger partial charge in [-0.05, 0) is 69.0 Å². The summed E-state index contributed by atoms with van der Waals surface area (Å²) in [6.07, 6.45) is 7.43. The van der Waals surface area contributed by atoms with E-state index in [9.17, 15) is 0 Å². The average Bonchev–Trinajstić information content (AvgIpc) is 3.19. The number of aromatic nitrogens is 2. The number of halogens is 1. The Balaban J connectivity index is 1.66. The number of piperidine rings is 1. The standard InChI is InChI=1S/C19H21ClN4/c20-13-4-5-17-15(10-13)19(6-8-21-9-7-19)11-24(17)18-14-2-1-3-16(14)22-12-23-18/h4-5,10,12,21H,1-3,6-9,11H2. The fourth-order valence-electron chi connectivity index (χ4n) is 4.74. The molecule has 0 unspecified atom stereocenters. The molecule has 124 valence electrons. The molecule has 0 atom stereocenters. The molecule has 3 heterocycles. The van der Waals surface area contributed by atoms with Crippen molar-refractivity contribution < 1.29 is 0 Å². The molecule has 1 fully saturated rings. The van der Waals surface area contributed by atoms with E-state index < -0.39 is 0 Å². The summed E-state index contributed by atoms with van der Waals surface area (Å²) in [5, 5.41) is 4.34. The molecule has 1 aromatic carbocycles. The van der Waals surface area contributed by atoms with Gasteiger partial charge in [-0.1, -0.05) is 11.6 Å². The molecule has 5 heteroatoms. The third kappa shape index (κ3) is 2.09. The molecule has 1 aromatic heterocycles. The highest BCUT2D eigenvalue weighted by Crippen LogP contribution is 2.50. The summed E-state index contributed by atoms with van der Waals surface area (Å²) in [6.45, 7) is 3.15. The van der Waals surface area contributed by atoms with E-state index >= 15 is 0 Å². The second-order valence-corrected chi connectivity index (χ2v) is 7.69. The van der Waals surface area contributed by atoms with Gasteiger partial charge in [0.1, 0.15) is 12.1 Å². The van der Waals surface area contributed by atoms with Crippen LogP contribution in [0.2, 0.25) is 5.02 Å². The minimum absolute atomic E-state index is 0.196. The van der Waals surface area contributed by atoms with E-state index in [1.807, 2.05) is 6.07 Å². The number of fused-ring (bicyclic) bond motifs is 3. The fourth-order valence-corrected chi connectivity index (χ4v) is 4.91. The molecule has 1 aliphatic carbocycles. The summed E-state index contributed by atoms with van der Waals surface area (Å²) >= 11 is 6.35. The van der Waals surface area contributed by atoms with Gasteiger partial charge in [-0.3, -0.25) is 0 Å². The van der Waals surface area contributed by atoms with Gasteiger partial charge in [0.15, 0.2) is 0 Å². The zero-order valence-electron chi connectivity index (χ0n) is 13.7. The Hall–Kier alpha value is -1.65. The van der Waals surface area contributed by atoms with Crippen LogP contribution >= 0.6 is 11.6 Å². The number of nitrogens with zero attached hydrogens (tertiary/aromatic N) is 3. The van der Waals surface area contributed by atoms with E-state index in [0.29, 0.717) is 0 Å². The second kappa shape index (κ2) is 5.43. The Morgan fingerprint density at radius 1 is 1.12 bits per heavy atom. The van der Waals surface area contributed by atoms with Crippen LogP contribution in [0, 0.1) is 0 Å². The van der Waals surface area contributed by atoms with Crippen molar-refractivity contribution in [1.29, 1.82) is 0 Å². The average molecular weight is 341 g/mol. The van der Waals surface area contributed by atoms with Crippen molar-refractivity contribution in [2.45, 2.75) is 37.5 Å². The van der Waals surface area contributed by atoms with Crippen LogP contribution in [0.5, 0.6) is 0 Å². The van der Waals surface area contributed by atoms with E-state index in [-0.39, 0.29) is 5.41 Å². The van der Waals surface area contributed by atoms with Gasteiger partial charge in [-0.25, -0.2) is 9.97 Å². The molecule has 1 saturated heterocycles. The van der Waals surface area contributed by atoms with Crippen molar-refractivity contribution in [2.75, 3.05) is 24.5 Å². The van der Waals surface area contributed by atoms with Gasteiger partial charge in [0, 0.05) is 33.9 Å². The molecule has 2 aliphatic heterocycles. The van der Waals surface area contributed by atoms with Crippen LogP contribution in [0.3, 0.4) is 0 Å². The van der Waals surface area contributed by atoms with Crippen molar-refractivity contribution in [3.8, 4) is 0 Å². The highest BCUT2D eigenvalue weighted by atomic mass is 35.5. The summed E-state index contributed by atoms with van der Waals surface area (Å²) in [4.78, 5) is 11.6. The first-order chi connectivity index (χ1) is 11.8. The summed E-state index contributed by atoms with van der Waals surface area (Å²) < 4.78 is 0. The van der Waals surface area contributed by atoms with Crippen molar-refractivity contribution >= 4 is 23.1 Å². The molecule has 0 radical (unpaired) electrons. The van der Waals surface area contributed by atoms with Crippen molar-refractivity contribution in [3.63, 3.8) is 0 Å². The van der Waals surface area contributed by atoms with Gasteiger partial charge in [0.05, 0.1) is 0 Å². The second-order valence-electron chi connectivity index (χ2n) is 7.25. The maximum absolute atomic E-state index is 6.35. The predicted molar refractivity (Wildman–Crippen MR) is 96.3 cm³/mol. The Morgan fingerprint density at radius 2 is 2.00 bits per heavy atom. The van der Waals surface area contributed by atoms with Gasteiger partial charge in [0.2, 0.25) is 0 Å². The number of hydrogen-bond donors (Lipinski definition) is 1. The lowest BCUT2D eigenvalue weighted by Crippen LogP contribution is -2.42. The summed E-state index contributed by atoms with van der Waals surface area (Å²) in [6, 6.07) is 6.37. The normalized spacial score (nSPS) is 21.1. The van der Waals surface area contributed by atoms with E-state index in [0.717, 1.165) is 56.2 Å². The Morgan fingerprint density at radius 3 is 2.88 bits per heavy atom. The number of benzene rings is 1. The zero-order chi connectivity index (χ0) is 16.1. The van der Waals surface area contributed by atoms with Crippen LogP contribution in [0.25, 0.3) is 0 Å². The van der Waals surface area contributed by atoms with Crippen molar-refractivity contribution in [1.82, 2.24) is 15.3 Å². The summed E-state index contributed by atoms with van der Waals surface area (Å²) in [7, 11) is 0. The van der Waals surface area contributed by atoms with E-state index in [1.165, 1.54) is 28.9 Å². The predicted octanol–water partition coefficient (Wildman–Crippen LogP) is 3.39. The number of hydrogen-bond acceptors (Lipinski definition) is 4. The maximum atomic E-state index is 6.35. The highest BCUT2D eigenvalue weighted by molar-refractivity contribution is 6.30. The number of rotatable bonds is 1. The van der Waals surface area contributed by atoms with Gasteiger partial charge >= 0.3 is 0 Å². The van der Waals surface area contributed by atoms with Gasteiger partial charge in [0.25, 0.3) is 0 Å². The highest BCUT2D eigenvalue weighted by Gasteiger charge is 2.44. The first-order valence-electron chi connectivity index (χ1n) is 8.88. The topological polar surface area (TPSA) is 41.0 Å². The number of nitrogens with one attached hydrogen (secondary N) is 1. The molecule has 5 rings (SSSR count). The summed E-state index contributed by atoms with van der Waals surface area (Å²) in [5.74, 6) is 1.12. The molecule has 0 saturated carbocycles. The van der Waals surface area contributed by atoms with Crippen LogP contribution in [0.1, 0.15) is 36.1 Å². The first-order valence-corrected chi connectivity index (χ1v) is 9.26. The third-order valence-electron chi connectivity index (χ3n) is 5.95. The largest absolute Gasteiger partial charge is 0.325 e. The van der Waals surface area contributed by atoms with Gasteiger partial charge in [-0.2, -0.15) is 0 Å². The lowest BCUT2D eigenvalue weighted by molar-refractivity contribution is 0.329. The smallest absolute Gasteiger partial charge is 0.139 e. The molecule has 3 aliphatic rings. The monoisotopic (exact) mass is 340 g/mol. The lowest BCUT2D eigenvalue weighted by Gasteiger charge is -2.35. The SMILES string of the molecule is Clc1ccc2c(c1)C1(CCNCC1)CN2c1ncnc2c1CCC2. The molecule has 24 heavy (non-hydrogen) atoms. The maximum Gasteiger partial charge on any atom is 0.139 e. The van der Waals surface area contributed by atoms with Gasteiger partial charge in [-0.15, -0.1) is 0 Å². The quantitative estimate of drug-likeness (QED) is 0.864. The van der Waals surface area contributed by atoms with Crippen LogP contribution in [0.4, 0.5) is 11.5 Å². The van der Waals surface area contributed by atoms with Crippen LogP contribution in [0.15, 0.2) is 24.5 Å². The van der Waals surface area contributed by atoms with Crippen molar-refractivity contribution in [3.05, 3.63) is 46.4 Å². The Kier molecular flexibility index (Phi) is 3.32. The lowest BCUT2D eigenvalue weighted by atomic mass is 9.75.